The first-order chi connectivity index (χ1) is 15.6. The first kappa shape index (κ1) is 20.6. The molecule has 0 radical (unpaired) electrons. The predicted molar refractivity (Wildman–Crippen MR) is 124 cm³/mol. The van der Waals surface area contributed by atoms with E-state index in [1.54, 1.807) is 36.4 Å². The second-order valence-corrected chi connectivity index (χ2v) is 7.04. The van der Waals surface area contributed by atoms with Crippen molar-refractivity contribution in [2.75, 3.05) is 0 Å². The Balaban J connectivity index is 1.51. The summed E-state index contributed by atoms with van der Waals surface area (Å²) >= 11 is 0. The number of rotatable bonds is 6. The molecule has 0 aliphatic rings. The monoisotopic (exact) mass is 421 g/mol. The minimum absolute atomic E-state index is 0.0436. The number of allylic oxidation sites excluding steroid dienone is 5. The third kappa shape index (κ3) is 4.13. The van der Waals surface area contributed by atoms with Gasteiger partial charge in [0.25, 0.3) is 5.56 Å². The summed E-state index contributed by atoms with van der Waals surface area (Å²) in [6, 6.07) is 20.1. The van der Waals surface area contributed by atoms with Gasteiger partial charge in [-0.15, -0.1) is 0 Å². The van der Waals surface area contributed by atoms with Crippen LogP contribution in [-0.2, 0) is 0 Å². The van der Waals surface area contributed by atoms with Crippen molar-refractivity contribution in [3.8, 4) is 11.8 Å². The molecule has 6 nitrogen and oxygen atoms in total. The number of H-pyrrole nitrogens is 1. The van der Waals surface area contributed by atoms with Gasteiger partial charge in [-0.05, 0) is 43.3 Å². The van der Waals surface area contributed by atoms with Gasteiger partial charge >= 0.3 is 0 Å². The quantitative estimate of drug-likeness (QED) is 0.202. The lowest BCUT2D eigenvalue weighted by molar-refractivity contribution is 0.101. The molecule has 6 heteroatoms. The van der Waals surface area contributed by atoms with Crippen LogP contribution in [0.25, 0.3) is 22.7 Å². The number of ketones is 1. The molecule has 156 valence electrons. The average molecular weight is 421 g/mol. The number of furan rings is 1. The zero-order valence-corrected chi connectivity index (χ0v) is 17.3. The highest BCUT2D eigenvalue weighted by Crippen LogP contribution is 2.21. The number of benzene rings is 2. The number of carbonyl (C=O) groups is 1. The van der Waals surface area contributed by atoms with Crippen molar-refractivity contribution in [1.82, 2.24) is 9.78 Å². The molecule has 0 saturated heterocycles. The smallest absolute Gasteiger partial charge is 0.278 e. The molecule has 2 heterocycles. The molecule has 4 rings (SSSR count). The second kappa shape index (κ2) is 9.02. The van der Waals surface area contributed by atoms with E-state index in [1.807, 2.05) is 61.5 Å². The molecule has 2 aromatic heterocycles. The summed E-state index contributed by atoms with van der Waals surface area (Å²) in [7, 11) is 0. The fourth-order valence-corrected chi connectivity index (χ4v) is 3.27. The van der Waals surface area contributed by atoms with Gasteiger partial charge in [-0.1, -0.05) is 54.6 Å². The number of fused-ring (bicyclic) bond motifs is 1. The van der Waals surface area contributed by atoms with Crippen molar-refractivity contribution >= 4 is 22.8 Å². The van der Waals surface area contributed by atoms with Gasteiger partial charge in [-0.25, -0.2) is 4.68 Å². The first-order valence-electron chi connectivity index (χ1n) is 9.94. The summed E-state index contributed by atoms with van der Waals surface area (Å²) in [5.74, 6) is -0.364. The molecule has 0 fully saturated rings. The van der Waals surface area contributed by atoms with Gasteiger partial charge in [0, 0.05) is 11.1 Å². The number of aromatic nitrogens is 2. The maximum Gasteiger partial charge on any atom is 0.278 e. The van der Waals surface area contributed by atoms with E-state index >= 15 is 0 Å². The van der Waals surface area contributed by atoms with Crippen LogP contribution in [-0.4, -0.2) is 15.6 Å². The predicted octanol–water partition coefficient (Wildman–Crippen LogP) is 5.12. The number of hydrogen-bond acceptors (Lipinski definition) is 4. The minimum Gasteiger partial charge on any atom is -0.453 e. The molecule has 32 heavy (non-hydrogen) atoms. The van der Waals surface area contributed by atoms with Crippen LogP contribution in [0.15, 0.2) is 99.8 Å². The SMILES string of the molecule is Cc1[nH]n(-c2ccccc2)c(=O)c1C=CC=CC=C(C#N)C(=O)c1cc2ccccc2o1. The van der Waals surface area contributed by atoms with E-state index in [2.05, 4.69) is 5.10 Å². The molecule has 0 amide bonds. The highest BCUT2D eigenvalue weighted by Gasteiger charge is 2.16. The fraction of sp³-hybridized carbons (Fsp3) is 0.0385. The lowest BCUT2D eigenvalue weighted by atomic mass is 10.1. The molecule has 0 atom stereocenters. The van der Waals surface area contributed by atoms with Crippen molar-refractivity contribution in [1.29, 1.82) is 5.26 Å². The van der Waals surface area contributed by atoms with Crippen LogP contribution in [0.5, 0.6) is 0 Å². The summed E-state index contributed by atoms with van der Waals surface area (Å²) in [4.78, 5) is 25.2. The Bertz CT molecular complexity index is 1440. The maximum absolute atomic E-state index is 12.7. The number of aryl methyl sites for hydroxylation is 1. The number of nitrogens with zero attached hydrogens (tertiary/aromatic N) is 2. The van der Waals surface area contributed by atoms with Gasteiger partial charge in [0.15, 0.2) is 5.76 Å². The lowest BCUT2D eigenvalue weighted by Gasteiger charge is -1.99. The molecule has 0 saturated carbocycles. The van der Waals surface area contributed by atoms with E-state index in [4.69, 9.17) is 4.42 Å². The normalized spacial score (nSPS) is 12.1. The second-order valence-electron chi connectivity index (χ2n) is 7.04. The van der Waals surface area contributed by atoms with Crippen LogP contribution < -0.4 is 5.56 Å². The van der Waals surface area contributed by atoms with Crippen molar-refractivity contribution in [2.24, 2.45) is 0 Å². The van der Waals surface area contributed by atoms with Crippen LogP contribution in [0.2, 0.25) is 0 Å². The van der Waals surface area contributed by atoms with Crippen LogP contribution in [0.1, 0.15) is 21.8 Å². The first-order valence-corrected chi connectivity index (χ1v) is 9.94. The van der Waals surface area contributed by atoms with E-state index in [0.717, 1.165) is 16.8 Å². The van der Waals surface area contributed by atoms with Gasteiger partial charge in [-0.3, -0.25) is 14.7 Å². The molecular weight excluding hydrogens is 402 g/mol. The van der Waals surface area contributed by atoms with E-state index in [0.29, 0.717) is 11.1 Å². The third-order valence-electron chi connectivity index (χ3n) is 4.89. The van der Waals surface area contributed by atoms with Gasteiger partial charge in [0.05, 0.1) is 11.3 Å². The Kier molecular flexibility index (Phi) is 5.82. The van der Waals surface area contributed by atoms with Crippen LogP contribution in [0.4, 0.5) is 0 Å². The van der Waals surface area contributed by atoms with E-state index in [-0.39, 0.29) is 16.9 Å². The number of carbonyl (C=O) groups excluding carboxylic acids is 1. The number of nitriles is 1. The van der Waals surface area contributed by atoms with Gasteiger partial charge in [0.2, 0.25) is 5.78 Å². The van der Waals surface area contributed by atoms with E-state index in [1.165, 1.54) is 10.8 Å². The maximum atomic E-state index is 12.7. The zero-order chi connectivity index (χ0) is 22.5. The largest absolute Gasteiger partial charge is 0.453 e. The Labute approximate surface area is 184 Å². The van der Waals surface area contributed by atoms with Gasteiger partial charge in [-0.2, -0.15) is 5.26 Å². The van der Waals surface area contributed by atoms with Crippen molar-refractivity contribution < 1.29 is 9.21 Å². The molecule has 0 spiro atoms. The average Bonchev–Trinajstić information content (AvgIpc) is 3.37. The fourth-order valence-electron chi connectivity index (χ4n) is 3.27. The number of hydrogen-bond donors (Lipinski definition) is 1. The topological polar surface area (TPSA) is 91.8 Å². The molecule has 2 aromatic carbocycles. The number of aromatic amines is 1. The summed E-state index contributed by atoms with van der Waals surface area (Å²) in [6.07, 6.45) is 8.02. The van der Waals surface area contributed by atoms with Crippen molar-refractivity contribution in [3.63, 3.8) is 0 Å². The summed E-state index contributed by atoms with van der Waals surface area (Å²) in [5, 5.41) is 13.2. The summed E-state index contributed by atoms with van der Waals surface area (Å²) in [6.45, 7) is 1.82. The summed E-state index contributed by atoms with van der Waals surface area (Å²) in [5.41, 5.74) is 2.40. The van der Waals surface area contributed by atoms with Crippen LogP contribution in [0, 0.1) is 18.3 Å². The number of nitrogens with one attached hydrogen (secondary N) is 1. The highest BCUT2D eigenvalue weighted by atomic mass is 16.3. The zero-order valence-electron chi connectivity index (χ0n) is 17.3. The Hall–Kier alpha value is -4.63. The minimum atomic E-state index is -0.482. The molecular formula is C26H19N3O3. The van der Waals surface area contributed by atoms with Crippen molar-refractivity contribution in [3.05, 3.63) is 118 Å². The molecule has 0 bridgehead atoms. The van der Waals surface area contributed by atoms with Gasteiger partial charge in [0.1, 0.15) is 17.2 Å². The molecule has 1 N–H and O–H groups in total. The number of para-hydroxylation sites is 2. The Morgan fingerprint density at radius 3 is 2.56 bits per heavy atom. The van der Waals surface area contributed by atoms with Gasteiger partial charge < -0.3 is 4.42 Å². The molecule has 0 aliphatic carbocycles. The summed E-state index contributed by atoms with van der Waals surface area (Å²) < 4.78 is 7.03. The van der Waals surface area contributed by atoms with E-state index in [9.17, 15) is 14.9 Å². The van der Waals surface area contributed by atoms with Crippen LogP contribution in [0.3, 0.4) is 0 Å². The molecule has 4 aromatic rings. The van der Waals surface area contributed by atoms with Crippen LogP contribution >= 0.6 is 0 Å². The molecule has 0 unspecified atom stereocenters. The Morgan fingerprint density at radius 1 is 1.06 bits per heavy atom. The third-order valence-corrected chi connectivity index (χ3v) is 4.89. The standard InChI is InChI=1S/C26H19N3O3/c1-18-22(26(31)29(28-18)21-12-5-3-6-13-21)14-7-2-4-11-20(17-27)25(30)24-16-19-10-8-9-15-23(19)32-24/h2-16,28H,1H3. The lowest BCUT2D eigenvalue weighted by Crippen LogP contribution is -2.15. The Morgan fingerprint density at radius 2 is 1.81 bits per heavy atom. The number of Topliss-reactive ketones (excluding diaryl/α,β-unsaturated/α-hetero) is 1. The highest BCUT2D eigenvalue weighted by molar-refractivity contribution is 6.11. The van der Waals surface area contributed by atoms with Crippen molar-refractivity contribution in [2.45, 2.75) is 6.92 Å². The molecule has 0 aliphatic heterocycles. The van der Waals surface area contributed by atoms with E-state index < -0.39 is 5.78 Å².